The van der Waals surface area contributed by atoms with Gasteiger partial charge >= 0.3 is 5.97 Å². The average Bonchev–Trinajstić information content (AvgIpc) is 3.50. The van der Waals surface area contributed by atoms with E-state index in [-0.39, 0.29) is 5.91 Å². The fraction of sp³-hybridized carbons (Fsp3) is 0.250. The lowest BCUT2D eigenvalue weighted by molar-refractivity contribution is 0.0602. The number of rotatable bonds is 6. The normalized spacial score (nSPS) is 13.2. The highest BCUT2D eigenvalue weighted by Crippen LogP contribution is 2.42. The molecule has 0 bridgehead atoms. The number of hydrogen-bond acceptors (Lipinski definition) is 8. The molecule has 0 unspecified atom stereocenters. The lowest BCUT2D eigenvalue weighted by atomic mass is 10.0. The number of anilines is 1. The Kier molecular flexibility index (Phi) is 5.33. The number of carbonyl (C=O) groups excluding carboxylic acids is 2. The zero-order valence-corrected chi connectivity index (χ0v) is 19.1. The summed E-state index contributed by atoms with van der Waals surface area (Å²) in [7, 11) is 2.91. The highest BCUT2D eigenvalue weighted by Gasteiger charge is 2.30. The number of esters is 1. The molecule has 33 heavy (non-hydrogen) atoms. The Bertz CT molecular complexity index is 1370. The number of amides is 1. The van der Waals surface area contributed by atoms with E-state index in [1.165, 1.54) is 18.4 Å². The van der Waals surface area contributed by atoms with Gasteiger partial charge in [-0.2, -0.15) is 0 Å². The summed E-state index contributed by atoms with van der Waals surface area (Å²) in [5.74, 6) is 0.151. The maximum atomic E-state index is 13.5. The number of fused-ring (bicyclic) bond motifs is 1. The van der Waals surface area contributed by atoms with Crippen molar-refractivity contribution < 1.29 is 23.6 Å². The SMILES string of the molecule is COC(=O)c1cc(C)sc1NC(=O)c1cc(C2CC2)nc2onc(-c3ccc(OC)cc3)c12. The molecule has 0 saturated heterocycles. The van der Waals surface area contributed by atoms with Crippen molar-refractivity contribution in [3.05, 3.63) is 58.1 Å². The molecule has 4 aromatic rings. The van der Waals surface area contributed by atoms with E-state index in [1.807, 2.05) is 31.2 Å². The third-order valence-corrected chi connectivity index (χ3v) is 6.52. The Morgan fingerprint density at radius 3 is 2.55 bits per heavy atom. The van der Waals surface area contributed by atoms with Gasteiger partial charge in [0.25, 0.3) is 11.6 Å². The first-order valence-electron chi connectivity index (χ1n) is 10.4. The lowest BCUT2D eigenvalue weighted by Gasteiger charge is -2.09. The molecule has 0 radical (unpaired) electrons. The van der Waals surface area contributed by atoms with Crippen LogP contribution in [0, 0.1) is 6.92 Å². The van der Waals surface area contributed by atoms with Crippen LogP contribution in [0.15, 0.2) is 40.9 Å². The van der Waals surface area contributed by atoms with Crippen molar-refractivity contribution in [2.75, 3.05) is 19.5 Å². The molecule has 5 rings (SSSR count). The van der Waals surface area contributed by atoms with Gasteiger partial charge in [0.1, 0.15) is 16.4 Å². The minimum Gasteiger partial charge on any atom is -0.497 e. The van der Waals surface area contributed by atoms with Gasteiger partial charge < -0.3 is 19.3 Å². The summed E-state index contributed by atoms with van der Waals surface area (Å²) in [6.07, 6.45) is 2.05. The summed E-state index contributed by atoms with van der Waals surface area (Å²) in [4.78, 5) is 31.2. The van der Waals surface area contributed by atoms with E-state index in [1.54, 1.807) is 19.2 Å². The highest BCUT2D eigenvalue weighted by molar-refractivity contribution is 7.16. The van der Waals surface area contributed by atoms with Crippen LogP contribution in [0.25, 0.3) is 22.4 Å². The second-order valence-corrected chi connectivity index (χ2v) is 9.11. The molecule has 1 amide bonds. The molecule has 1 fully saturated rings. The highest BCUT2D eigenvalue weighted by atomic mass is 32.1. The van der Waals surface area contributed by atoms with Gasteiger partial charge in [0.2, 0.25) is 0 Å². The zero-order valence-electron chi connectivity index (χ0n) is 18.3. The van der Waals surface area contributed by atoms with Crippen LogP contribution in [0.2, 0.25) is 0 Å². The van der Waals surface area contributed by atoms with Crippen molar-refractivity contribution >= 4 is 39.3 Å². The Morgan fingerprint density at radius 2 is 1.88 bits per heavy atom. The number of nitrogens with zero attached hydrogens (tertiary/aromatic N) is 2. The van der Waals surface area contributed by atoms with Gasteiger partial charge in [-0.05, 0) is 56.2 Å². The van der Waals surface area contributed by atoms with Crippen molar-refractivity contribution in [2.24, 2.45) is 0 Å². The summed E-state index contributed by atoms with van der Waals surface area (Å²) in [5.41, 5.74) is 3.12. The Morgan fingerprint density at radius 1 is 1.12 bits per heavy atom. The second-order valence-electron chi connectivity index (χ2n) is 7.85. The zero-order chi connectivity index (χ0) is 23.1. The first-order chi connectivity index (χ1) is 16.0. The van der Waals surface area contributed by atoms with E-state index in [4.69, 9.17) is 14.0 Å². The quantitative estimate of drug-likeness (QED) is 0.393. The molecule has 3 heterocycles. The van der Waals surface area contributed by atoms with Gasteiger partial charge in [0.05, 0.1) is 30.7 Å². The number of ether oxygens (including phenoxy) is 2. The lowest BCUT2D eigenvalue weighted by Crippen LogP contribution is -2.15. The van der Waals surface area contributed by atoms with E-state index in [2.05, 4.69) is 15.5 Å². The number of nitrogens with one attached hydrogen (secondary N) is 1. The number of hydrogen-bond donors (Lipinski definition) is 1. The molecule has 1 aliphatic carbocycles. The molecule has 1 aromatic carbocycles. The van der Waals surface area contributed by atoms with Gasteiger partial charge in [0.15, 0.2) is 0 Å². The average molecular weight is 464 g/mol. The molecule has 3 aromatic heterocycles. The summed E-state index contributed by atoms with van der Waals surface area (Å²) >= 11 is 1.31. The van der Waals surface area contributed by atoms with Gasteiger partial charge in [-0.3, -0.25) is 4.79 Å². The summed E-state index contributed by atoms with van der Waals surface area (Å²) in [5, 5.41) is 8.07. The molecular weight excluding hydrogens is 442 g/mol. The topological polar surface area (TPSA) is 104 Å². The summed E-state index contributed by atoms with van der Waals surface area (Å²) in [6.45, 7) is 1.87. The van der Waals surface area contributed by atoms with Crippen LogP contribution in [0.1, 0.15) is 50.0 Å². The number of pyridine rings is 1. The Balaban J connectivity index is 1.61. The fourth-order valence-corrected chi connectivity index (χ4v) is 4.62. The van der Waals surface area contributed by atoms with Crippen LogP contribution in [-0.4, -0.2) is 36.2 Å². The van der Waals surface area contributed by atoms with E-state index >= 15 is 0 Å². The maximum absolute atomic E-state index is 13.5. The number of benzene rings is 1. The second kappa shape index (κ2) is 8.32. The first kappa shape index (κ1) is 21.1. The van der Waals surface area contributed by atoms with Gasteiger partial charge in [-0.25, -0.2) is 9.78 Å². The predicted molar refractivity (Wildman–Crippen MR) is 124 cm³/mol. The van der Waals surface area contributed by atoms with Crippen molar-refractivity contribution in [1.29, 1.82) is 0 Å². The van der Waals surface area contributed by atoms with Crippen molar-refractivity contribution in [1.82, 2.24) is 10.1 Å². The number of thiophene rings is 1. The molecule has 0 atom stereocenters. The maximum Gasteiger partial charge on any atom is 0.340 e. The molecule has 9 heteroatoms. The standard InChI is InChI=1S/C24H21N3O5S/c1-12-10-17(24(29)31-3)23(33-12)26-21(28)16-11-18(13-4-5-13)25-22-19(16)20(27-32-22)14-6-8-15(30-2)9-7-14/h6-11,13H,4-5H2,1-3H3,(H,26,28). The summed E-state index contributed by atoms with van der Waals surface area (Å²) < 4.78 is 15.7. The van der Waals surface area contributed by atoms with Crippen molar-refractivity contribution in [3.63, 3.8) is 0 Å². The van der Waals surface area contributed by atoms with Gasteiger partial charge in [0, 0.05) is 22.1 Å². The molecule has 0 aliphatic heterocycles. The van der Waals surface area contributed by atoms with Gasteiger partial charge in [-0.15, -0.1) is 11.3 Å². The van der Waals surface area contributed by atoms with Crippen LogP contribution in [0.3, 0.4) is 0 Å². The largest absolute Gasteiger partial charge is 0.497 e. The number of methoxy groups -OCH3 is 2. The van der Waals surface area contributed by atoms with Crippen LogP contribution < -0.4 is 10.1 Å². The third kappa shape index (κ3) is 3.95. The van der Waals surface area contributed by atoms with Crippen LogP contribution >= 0.6 is 11.3 Å². The van der Waals surface area contributed by atoms with E-state index in [0.29, 0.717) is 44.6 Å². The van der Waals surface area contributed by atoms with E-state index in [0.717, 1.165) is 29.0 Å². The minimum absolute atomic E-state index is 0.310. The van der Waals surface area contributed by atoms with Crippen LogP contribution in [-0.2, 0) is 4.74 Å². The number of carbonyl (C=O) groups is 2. The molecular formula is C24H21N3O5S. The molecule has 8 nitrogen and oxygen atoms in total. The Labute approximate surface area is 193 Å². The molecule has 0 spiro atoms. The molecule has 1 aliphatic rings. The van der Waals surface area contributed by atoms with E-state index in [9.17, 15) is 9.59 Å². The minimum atomic E-state index is -0.503. The smallest absolute Gasteiger partial charge is 0.340 e. The van der Waals surface area contributed by atoms with Crippen LogP contribution in [0.5, 0.6) is 5.75 Å². The van der Waals surface area contributed by atoms with Crippen molar-refractivity contribution in [3.8, 4) is 17.0 Å². The predicted octanol–water partition coefficient (Wildman–Crippen LogP) is 5.18. The third-order valence-electron chi connectivity index (χ3n) is 5.56. The fourth-order valence-electron chi connectivity index (χ4n) is 3.72. The van der Waals surface area contributed by atoms with Crippen LogP contribution in [0.4, 0.5) is 5.00 Å². The first-order valence-corrected chi connectivity index (χ1v) is 11.2. The Hall–Kier alpha value is -3.72. The number of aryl methyl sites for hydroxylation is 1. The summed E-state index contributed by atoms with van der Waals surface area (Å²) in [6, 6.07) is 10.8. The van der Waals surface area contributed by atoms with Gasteiger partial charge in [-0.1, -0.05) is 5.16 Å². The van der Waals surface area contributed by atoms with E-state index < -0.39 is 5.97 Å². The molecule has 168 valence electrons. The molecule has 1 saturated carbocycles. The monoisotopic (exact) mass is 463 g/mol. The number of aromatic nitrogens is 2. The molecule has 1 N–H and O–H groups in total. The van der Waals surface area contributed by atoms with Crippen molar-refractivity contribution in [2.45, 2.75) is 25.7 Å².